The molecule has 0 aliphatic carbocycles. The van der Waals surface area contributed by atoms with Gasteiger partial charge in [0.1, 0.15) is 22.1 Å². The van der Waals surface area contributed by atoms with E-state index in [9.17, 15) is 0 Å². The van der Waals surface area contributed by atoms with E-state index >= 15 is 0 Å². The standard InChI is InChI=1S/C14H14N4OS/c1-3-11-17-13-12(15-8-16-13)14(18-11)20-10-6-4-9(19-2)5-7-10/h4-8H,3H2,1-2H3,(H,15,16,17,18). The van der Waals surface area contributed by atoms with E-state index in [-0.39, 0.29) is 0 Å². The lowest BCUT2D eigenvalue weighted by molar-refractivity contribution is 0.414. The molecular weight excluding hydrogens is 272 g/mol. The van der Waals surface area contributed by atoms with E-state index in [1.165, 1.54) is 0 Å². The summed E-state index contributed by atoms with van der Waals surface area (Å²) in [6, 6.07) is 7.90. The first-order valence-corrected chi connectivity index (χ1v) is 7.13. The summed E-state index contributed by atoms with van der Waals surface area (Å²) in [5, 5.41) is 0.898. The van der Waals surface area contributed by atoms with Crippen LogP contribution in [0, 0.1) is 0 Å². The third kappa shape index (κ3) is 2.46. The lowest BCUT2D eigenvalue weighted by Crippen LogP contribution is -1.96. The molecule has 0 aliphatic heterocycles. The molecule has 1 N–H and O–H groups in total. The lowest BCUT2D eigenvalue weighted by Gasteiger charge is -2.05. The number of ether oxygens (including phenoxy) is 1. The molecule has 6 heteroatoms. The molecule has 0 saturated carbocycles. The SMILES string of the molecule is CCc1nc(Sc2ccc(OC)cc2)c2[nH]cnc2n1. The van der Waals surface area contributed by atoms with Crippen LogP contribution in [0.15, 0.2) is 40.5 Å². The van der Waals surface area contributed by atoms with Crippen LogP contribution in [0.1, 0.15) is 12.7 Å². The average molecular weight is 286 g/mol. The summed E-state index contributed by atoms with van der Waals surface area (Å²) in [7, 11) is 1.66. The first-order chi connectivity index (χ1) is 9.80. The highest BCUT2D eigenvalue weighted by atomic mass is 32.2. The fraction of sp³-hybridized carbons (Fsp3) is 0.214. The molecule has 20 heavy (non-hydrogen) atoms. The summed E-state index contributed by atoms with van der Waals surface area (Å²) in [6.07, 6.45) is 2.44. The van der Waals surface area contributed by atoms with E-state index in [0.29, 0.717) is 5.65 Å². The molecule has 0 atom stereocenters. The molecule has 2 aromatic heterocycles. The number of imidazole rings is 1. The van der Waals surface area contributed by atoms with Crippen LogP contribution in [-0.2, 0) is 6.42 Å². The number of nitrogens with zero attached hydrogens (tertiary/aromatic N) is 3. The highest BCUT2D eigenvalue weighted by Gasteiger charge is 2.10. The van der Waals surface area contributed by atoms with Crippen LogP contribution in [0.4, 0.5) is 0 Å². The summed E-state index contributed by atoms with van der Waals surface area (Å²) in [4.78, 5) is 17.4. The zero-order valence-corrected chi connectivity index (χ0v) is 12.1. The van der Waals surface area contributed by atoms with Crippen LogP contribution >= 0.6 is 11.8 Å². The fourth-order valence-electron chi connectivity index (χ4n) is 1.84. The van der Waals surface area contributed by atoms with Crippen molar-refractivity contribution in [1.82, 2.24) is 19.9 Å². The zero-order valence-electron chi connectivity index (χ0n) is 11.3. The third-order valence-electron chi connectivity index (χ3n) is 2.89. The molecule has 3 aromatic rings. The quantitative estimate of drug-likeness (QED) is 0.747. The Morgan fingerprint density at radius 2 is 2.00 bits per heavy atom. The van der Waals surface area contributed by atoms with Crippen LogP contribution in [-0.4, -0.2) is 27.0 Å². The van der Waals surface area contributed by atoms with Crippen LogP contribution in [0.5, 0.6) is 5.75 Å². The van der Waals surface area contributed by atoms with Gasteiger partial charge in [0.15, 0.2) is 5.65 Å². The maximum absolute atomic E-state index is 5.16. The van der Waals surface area contributed by atoms with Gasteiger partial charge in [0.2, 0.25) is 0 Å². The molecule has 2 heterocycles. The van der Waals surface area contributed by atoms with Gasteiger partial charge in [-0.05, 0) is 24.3 Å². The highest BCUT2D eigenvalue weighted by molar-refractivity contribution is 7.99. The number of benzene rings is 1. The highest BCUT2D eigenvalue weighted by Crippen LogP contribution is 2.31. The number of nitrogens with one attached hydrogen (secondary N) is 1. The Morgan fingerprint density at radius 3 is 2.70 bits per heavy atom. The van der Waals surface area contributed by atoms with Gasteiger partial charge in [0.05, 0.1) is 13.4 Å². The largest absolute Gasteiger partial charge is 0.497 e. The van der Waals surface area contributed by atoms with Gasteiger partial charge < -0.3 is 9.72 Å². The molecule has 0 spiro atoms. The first kappa shape index (κ1) is 12.9. The molecule has 0 radical (unpaired) electrons. The zero-order chi connectivity index (χ0) is 13.9. The van der Waals surface area contributed by atoms with Crippen LogP contribution in [0.2, 0.25) is 0 Å². The van der Waals surface area contributed by atoms with Crippen molar-refractivity contribution in [2.45, 2.75) is 23.3 Å². The van der Waals surface area contributed by atoms with Crippen molar-refractivity contribution < 1.29 is 4.74 Å². The second kappa shape index (κ2) is 5.50. The minimum absolute atomic E-state index is 0.716. The van der Waals surface area contributed by atoms with Crippen molar-refractivity contribution in [2.75, 3.05) is 7.11 Å². The summed E-state index contributed by atoms with van der Waals surface area (Å²) in [6.45, 7) is 2.04. The number of hydrogen-bond acceptors (Lipinski definition) is 5. The smallest absolute Gasteiger partial charge is 0.182 e. The molecule has 0 aliphatic rings. The predicted octanol–water partition coefficient (Wildman–Crippen LogP) is 3.08. The molecule has 0 saturated heterocycles. The Kier molecular flexibility index (Phi) is 3.56. The van der Waals surface area contributed by atoms with E-state index in [4.69, 9.17) is 4.74 Å². The van der Waals surface area contributed by atoms with Crippen LogP contribution < -0.4 is 4.74 Å². The van der Waals surface area contributed by atoms with Gasteiger partial charge in [-0.3, -0.25) is 0 Å². The van der Waals surface area contributed by atoms with Crippen molar-refractivity contribution >= 4 is 22.9 Å². The number of aryl methyl sites for hydroxylation is 1. The number of fused-ring (bicyclic) bond motifs is 1. The molecule has 5 nitrogen and oxygen atoms in total. The monoisotopic (exact) mass is 286 g/mol. The van der Waals surface area contributed by atoms with Gasteiger partial charge in [-0.15, -0.1) is 0 Å². The van der Waals surface area contributed by atoms with Gasteiger partial charge in [-0.1, -0.05) is 18.7 Å². The summed E-state index contributed by atoms with van der Waals surface area (Å²) in [5.74, 6) is 1.65. The molecular formula is C14H14N4OS. The predicted molar refractivity (Wildman–Crippen MR) is 78.2 cm³/mol. The van der Waals surface area contributed by atoms with Gasteiger partial charge in [0, 0.05) is 11.3 Å². The van der Waals surface area contributed by atoms with E-state index in [2.05, 4.69) is 19.9 Å². The van der Waals surface area contributed by atoms with Crippen molar-refractivity contribution in [3.05, 3.63) is 36.4 Å². The molecule has 102 valence electrons. The number of hydrogen-bond donors (Lipinski definition) is 1. The van der Waals surface area contributed by atoms with Crippen molar-refractivity contribution in [2.24, 2.45) is 0 Å². The Balaban J connectivity index is 1.98. The molecule has 3 rings (SSSR count). The topological polar surface area (TPSA) is 63.7 Å². The van der Waals surface area contributed by atoms with Gasteiger partial charge in [-0.25, -0.2) is 15.0 Å². The van der Waals surface area contributed by atoms with E-state index in [1.54, 1.807) is 25.2 Å². The number of aromatic amines is 1. The number of aromatic nitrogens is 4. The molecule has 0 fully saturated rings. The molecule has 0 unspecified atom stereocenters. The van der Waals surface area contributed by atoms with Gasteiger partial charge in [-0.2, -0.15) is 0 Å². The molecule has 0 amide bonds. The minimum Gasteiger partial charge on any atom is -0.497 e. The normalized spacial score (nSPS) is 10.9. The Labute approximate surface area is 120 Å². The van der Waals surface area contributed by atoms with Gasteiger partial charge >= 0.3 is 0 Å². The van der Waals surface area contributed by atoms with E-state index < -0.39 is 0 Å². The lowest BCUT2D eigenvalue weighted by atomic mass is 10.3. The Morgan fingerprint density at radius 1 is 1.20 bits per heavy atom. The maximum Gasteiger partial charge on any atom is 0.182 e. The van der Waals surface area contributed by atoms with Crippen molar-refractivity contribution in [3.8, 4) is 5.75 Å². The second-order valence-corrected chi connectivity index (χ2v) is 5.24. The minimum atomic E-state index is 0.716. The van der Waals surface area contributed by atoms with Crippen LogP contribution in [0.3, 0.4) is 0 Å². The molecule has 0 bridgehead atoms. The summed E-state index contributed by atoms with van der Waals surface area (Å²) in [5.41, 5.74) is 1.59. The van der Waals surface area contributed by atoms with Crippen LogP contribution in [0.25, 0.3) is 11.2 Å². The second-order valence-electron chi connectivity index (χ2n) is 4.18. The number of methoxy groups -OCH3 is 1. The van der Waals surface area contributed by atoms with E-state index in [0.717, 1.165) is 33.4 Å². The first-order valence-electron chi connectivity index (χ1n) is 6.32. The fourth-order valence-corrected chi connectivity index (χ4v) is 2.74. The Bertz CT molecular complexity index is 724. The summed E-state index contributed by atoms with van der Waals surface area (Å²) >= 11 is 1.59. The van der Waals surface area contributed by atoms with Gasteiger partial charge in [0.25, 0.3) is 0 Å². The maximum atomic E-state index is 5.16. The number of H-pyrrole nitrogens is 1. The average Bonchev–Trinajstić information content (AvgIpc) is 2.96. The van der Waals surface area contributed by atoms with Crippen molar-refractivity contribution in [1.29, 1.82) is 0 Å². The third-order valence-corrected chi connectivity index (χ3v) is 3.89. The number of rotatable bonds is 4. The summed E-state index contributed by atoms with van der Waals surface area (Å²) < 4.78 is 5.16. The molecule has 1 aromatic carbocycles. The van der Waals surface area contributed by atoms with Crippen molar-refractivity contribution in [3.63, 3.8) is 0 Å². The Hall–Kier alpha value is -2.08. The van der Waals surface area contributed by atoms with E-state index in [1.807, 2.05) is 31.2 Å².